The van der Waals surface area contributed by atoms with Crippen LogP contribution in [0.2, 0.25) is 5.02 Å². The van der Waals surface area contributed by atoms with Crippen LogP contribution in [0.1, 0.15) is 22.6 Å². The molecule has 124 valence electrons. The van der Waals surface area contributed by atoms with Crippen LogP contribution in [0.15, 0.2) is 70.3 Å². The molecular weight excluding hydrogens is 340 g/mol. The van der Waals surface area contributed by atoms with Gasteiger partial charge in [0.1, 0.15) is 5.76 Å². The normalized spacial score (nSPS) is 15.9. The Bertz CT molecular complexity index is 1070. The Balaban J connectivity index is 1.93. The Morgan fingerprint density at radius 3 is 2.36 bits per heavy atom. The Morgan fingerprint density at radius 2 is 1.64 bits per heavy atom. The third-order valence-electron chi connectivity index (χ3n) is 4.07. The van der Waals surface area contributed by atoms with Crippen LogP contribution in [0.25, 0.3) is 5.76 Å². The first kappa shape index (κ1) is 15.5. The second-order valence-electron chi connectivity index (χ2n) is 5.68. The van der Waals surface area contributed by atoms with Crippen molar-refractivity contribution >= 4 is 17.4 Å². The van der Waals surface area contributed by atoms with E-state index in [2.05, 4.69) is 9.97 Å². The van der Waals surface area contributed by atoms with Crippen LogP contribution in [-0.2, 0) is 0 Å². The van der Waals surface area contributed by atoms with E-state index in [9.17, 15) is 9.59 Å². The SMILES string of the molecule is O=c1[nH]c2c(c(=O)[nH]1)[C@H](c1ccc(Cl)cc1)C=C(c1ccccc1)O2. The van der Waals surface area contributed by atoms with Gasteiger partial charge < -0.3 is 4.74 Å². The molecule has 2 aromatic carbocycles. The summed E-state index contributed by atoms with van der Waals surface area (Å²) in [5.74, 6) is 0.376. The monoisotopic (exact) mass is 352 g/mol. The zero-order valence-corrected chi connectivity index (χ0v) is 13.7. The maximum Gasteiger partial charge on any atom is 0.328 e. The molecule has 0 aliphatic carbocycles. The number of halogens is 1. The van der Waals surface area contributed by atoms with Gasteiger partial charge in [-0.25, -0.2) is 4.79 Å². The molecule has 0 bridgehead atoms. The van der Waals surface area contributed by atoms with E-state index in [0.29, 0.717) is 16.3 Å². The largest absolute Gasteiger partial charge is 0.440 e. The molecule has 25 heavy (non-hydrogen) atoms. The number of ether oxygens (including phenoxy) is 1. The lowest BCUT2D eigenvalue weighted by atomic mass is 9.89. The first-order valence-electron chi connectivity index (χ1n) is 7.69. The predicted octanol–water partition coefficient (Wildman–Crippen LogP) is 3.28. The number of aromatic amines is 2. The van der Waals surface area contributed by atoms with Crippen molar-refractivity contribution in [1.82, 2.24) is 9.97 Å². The van der Waals surface area contributed by atoms with Gasteiger partial charge in [0.05, 0.1) is 5.56 Å². The van der Waals surface area contributed by atoms with Crippen LogP contribution >= 0.6 is 11.6 Å². The first-order valence-corrected chi connectivity index (χ1v) is 8.06. The number of hydrogen-bond acceptors (Lipinski definition) is 3. The van der Waals surface area contributed by atoms with E-state index in [-0.39, 0.29) is 11.8 Å². The molecule has 1 aromatic heterocycles. The van der Waals surface area contributed by atoms with Crippen molar-refractivity contribution in [3.8, 4) is 5.88 Å². The van der Waals surface area contributed by atoms with Gasteiger partial charge in [-0.05, 0) is 23.8 Å². The predicted molar refractivity (Wildman–Crippen MR) is 96.0 cm³/mol. The fourth-order valence-corrected chi connectivity index (χ4v) is 3.03. The second-order valence-corrected chi connectivity index (χ2v) is 6.12. The highest BCUT2D eigenvalue weighted by atomic mass is 35.5. The third-order valence-corrected chi connectivity index (χ3v) is 4.32. The lowest BCUT2D eigenvalue weighted by Gasteiger charge is -2.24. The summed E-state index contributed by atoms with van der Waals surface area (Å²) in [5.41, 5.74) is 1.02. The zero-order valence-electron chi connectivity index (χ0n) is 13.0. The van der Waals surface area contributed by atoms with Crippen molar-refractivity contribution in [1.29, 1.82) is 0 Å². The van der Waals surface area contributed by atoms with Gasteiger partial charge in [0, 0.05) is 16.5 Å². The highest BCUT2D eigenvalue weighted by Gasteiger charge is 2.28. The summed E-state index contributed by atoms with van der Waals surface area (Å²) >= 11 is 5.97. The van der Waals surface area contributed by atoms with Crippen LogP contribution in [0.3, 0.4) is 0 Å². The summed E-state index contributed by atoms with van der Waals surface area (Å²) in [6.07, 6.45) is 1.87. The third kappa shape index (κ3) is 2.90. The number of rotatable bonds is 2. The van der Waals surface area contributed by atoms with E-state index in [1.54, 1.807) is 12.1 Å². The van der Waals surface area contributed by atoms with E-state index >= 15 is 0 Å². The summed E-state index contributed by atoms with van der Waals surface area (Å²) in [5, 5.41) is 0.610. The Labute approximate surface area is 147 Å². The lowest BCUT2D eigenvalue weighted by molar-refractivity contribution is 0.464. The summed E-state index contributed by atoms with van der Waals surface area (Å²) in [6, 6.07) is 16.7. The van der Waals surface area contributed by atoms with E-state index in [0.717, 1.165) is 11.1 Å². The number of H-pyrrole nitrogens is 2. The summed E-state index contributed by atoms with van der Waals surface area (Å²) in [7, 11) is 0. The van der Waals surface area contributed by atoms with Crippen LogP contribution in [0, 0.1) is 0 Å². The van der Waals surface area contributed by atoms with Gasteiger partial charge in [0.15, 0.2) is 0 Å². The highest BCUT2D eigenvalue weighted by molar-refractivity contribution is 6.30. The molecule has 4 rings (SSSR count). The topological polar surface area (TPSA) is 75.0 Å². The first-order chi connectivity index (χ1) is 12.1. The lowest BCUT2D eigenvalue weighted by Crippen LogP contribution is -2.30. The zero-order chi connectivity index (χ0) is 17.4. The Morgan fingerprint density at radius 1 is 0.920 bits per heavy atom. The molecule has 0 radical (unpaired) electrons. The van der Waals surface area contributed by atoms with Crippen molar-refractivity contribution < 1.29 is 4.74 Å². The molecule has 2 N–H and O–H groups in total. The van der Waals surface area contributed by atoms with E-state index in [1.807, 2.05) is 48.5 Å². The summed E-state index contributed by atoms with van der Waals surface area (Å²) in [6.45, 7) is 0. The van der Waals surface area contributed by atoms with Gasteiger partial charge in [-0.15, -0.1) is 0 Å². The molecule has 5 nitrogen and oxygen atoms in total. The highest BCUT2D eigenvalue weighted by Crippen LogP contribution is 2.37. The maximum atomic E-state index is 12.4. The van der Waals surface area contributed by atoms with Crippen molar-refractivity contribution in [3.05, 3.63) is 103 Å². The average Bonchev–Trinajstić information content (AvgIpc) is 2.62. The quantitative estimate of drug-likeness (QED) is 0.743. The number of aromatic nitrogens is 2. The fraction of sp³-hybridized carbons (Fsp3) is 0.0526. The number of fused-ring (bicyclic) bond motifs is 1. The van der Waals surface area contributed by atoms with E-state index in [4.69, 9.17) is 16.3 Å². The van der Waals surface area contributed by atoms with Crippen LogP contribution in [0.4, 0.5) is 0 Å². The molecular formula is C19H13ClN2O3. The molecule has 0 unspecified atom stereocenters. The van der Waals surface area contributed by atoms with Crippen molar-refractivity contribution in [2.45, 2.75) is 5.92 Å². The minimum atomic E-state index is -0.604. The Kier molecular flexibility index (Phi) is 3.78. The van der Waals surface area contributed by atoms with Gasteiger partial charge in [0.25, 0.3) is 5.56 Å². The van der Waals surface area contributed by atoms with E-state index in [1.165, 1.54) is 0 Å². The standard InChI is InChI=1S/C19H13ClN2O3/c20-13-8-6-11(7-9-13)14-10-15(12-4-2-1-3-5-12)25-18-16(14)17(23)21-19(24)22-18/h1-10,14H,(H2,21,22,23,24)/t14-/m0/s1. The molecule has 0 amide bonds. The van der Waals surface area contributed by atoms with Gasteiger partial charge in [-0.3, -0.25) is 14.8 Å². The number of hydrogen-bond donors (Lipinski definition) is 2. The molecule has 0 spiro atoms. The molecule has 1 aliphatic rings. The van der Waals surface area contributed by atoms with Crippen molar-refractivity contribution in [2.75, 3.05) is 0 Å². The van der Waals surface area contributed by atoms with Crippen molar-refractivity contribution in [2.24, 2.45) is 0 Å². The molecule has 1 atom stereocenters. The number of benzene rings is 2. The van der Waals surface area contributed by atoms with Gasteiger partial charge >= 0.3 is 5.69 Å². The molecule has 2 heterocycles. The van der Waals surface area contributed by atoms with Crippen LogP contribution < -0.4 is 16.0 Å². The molecule has 0 saturated heterocycles. The van der Waals surface area contributed by atoms with Gasteiger partial charge in [-0.2, -0.15) is 0 Å². The van der Waals surface area contributed by atoms with E-state index < -0.39 is 11.2 Å². The molecule has 0 fully saturated rings. The molecule has 3 aromatic rings. The van der Waals surface area contributed by atoms with Gasteiger partial charge in [-0.1, -0.05) is 54.1 Å². The summed E-state index contributed by atoms with van der Waals surface area (Å²) in [4.78, 5) is 28.9. The molecule has 0 saturated carbocycles. The minimum Gasteiger partial charge on any atom is -0.440 e. The number of allylic oxidation sites excluding steroid dienone is 1. The van der Waals surface area contributed by atoms with Crippen LogP contribution in [0.5, 0.6) is 5.88 Å². The Hall–Kier alpha value is -3.05. The molecule has 6 heteroatoms. The summed E-state index contributed by atoms with van der Waals surface area (Å²) < 4.78 is 5.81. The fourth-order valence-electron chi connectivity index (χ4n) is 2.91. The number of nitrogens with one attached hydrogen (secondary N) is 2. The minimum absolute atomic E-state index is 0.162. The van der Waals surface area contributed by atoms with Gasteiger partial charge in [0.2, 0.25) is 5.88 Å². The maximum absolute atomic E-state index is 12.4. The second kappa shape index (κ2) is 6.11. The smallest absolute Gasteiger partial charge is 0.328 e. The average molecular weight is 353 g/mol. The van der Waals surface area contributed by atoms with Crippen LogP contribution in [-0.4, -0.2) is 9.97 Å². The van der Waals surface area contributed by atoms with Crippen molar-refractivity contribution in [3.63, 3.8) is 0 Å². The molecule has 1 aliphatic heterocycles.